The normalized spacial score (nSPS) is 12.0. The molecule has 0 aliphatic rings. The average Bonchev–Trinajstić information content (AvgIpc) is 3.48. The highest BCUT2D eigenvalue weighted by molar-refractivity contribution is 6.31. The zero-order valence-electron chi connectivity index (χ0n) is 31.9. The van der Waals surface area contributed by atoms with E-state index >= 15 is 0 Å². The van der Waals surface area contributed by atoms with Crippen LogP contribution < -0.4 is 30.0 Å². The number of likely N-dealkylation sites (N-methyl/N-ethyl adjacent to an activating group) is 1. The van der Waals surface area contributed by atoms with Crippen molar-refractivity contribution in [3.63, 3.8) is 0 Å². The van der Waals surface area contributed by atoms with E-state index < -0.39 is 11.2 Å². The molecule has 12 nitrogen and oxygen atoms in total. The Morgan fingerprint density at radius 1 is 0.944 bits per heavy atom. The number of hydrogen-bond donors (Lipinski definition) is 1. The van der Waals surface area contributed by atoms with Crippen LogP contribution in [0, 0.1) is 17.2 Å². The summed E-state index contributed by atoms with van der Waals surface area (Å²) in [4.78, 5) is 30.1. The molecule has 0 saturated heterocycles. The summed E-state index contributed by atoms with van der Waals surface area (Å²) in [6.45, 7) is 5.90. The van der Waals surface area contributed by atoms with Gasteiger partial charge in [0.2, 0.25) is 5.91 Å². The molecule has 5 aromatic rings. The Morgan fingerprint density at radius 2 is 1.63 bits per heavy atom. The number of anilines is 1. The number of rotatable bonds is 16. The van der Waals surface area contributed by atoms with E-state index in [4.69, 9.17) is 35.0 Å². The van der Waals surface area contributed by atoms with Gasteiger partial charge >= 0.3 is 5.76 Å². The van der Waals surface area contributed by atoms with Crippen LogP contribution in [0.15, 0.2) is 88.2 Å². The van der Waals surface area contributed by atoms with E-state index in [9.17, 15) is 14.9 Å². The fourth-order valence-electron chi connectivity index (χ4n) is 6.18. The minimum absolute atomic E-state index is 0.163. The lowest BCUT2D eigenvalue weighted by atomic mass is 9.69. The largest absolute Gasteiger partial charge is 0.493 e. The molecule has 1 atom stereocenters. The van der Waals surface area contributed by atoms with E-state index in [2.05, 4.69) is 48.2 Å². The van der Waals surface area contributed by atoms with Gasteiger partial charge in [0.05, 0.1) is 45.4 Å². The third-order valence-electron chi connectivity index (χ3n) is 9.29. The number of methoxy groups -OCH3 is 4. The zero-order chi connectivity index (χ0) is 39.3. The van der Waals surface area contributed by atoms with Crippen LogP contribution in [0.25, 0.3) is 11.1 Å². The minimum atomic E-state index is -0.608. The summed E-state index contributed by atoms with van der Waals surface area (Å²) in [5.41, 5.74) is 2.46. The Labute approximate surface area is 321 Å². The molecular weight excluding hydrogens is 710 g/mol. The number of halogens is 1. The first kappa shape index (κ1) is 41.2. The van der Waals surface area contributed by atoms with Gasteiger partial charge in [-0.2, -0.15) is 5.26 Å². The standard InChI is InChI=1S/C27H38N2O4.C14H10ClN3O3/c1-20(2)27(19-28,22-10-12-24(31-5)26(18-22)33-7)14-8-15-29(3)16-13-21-9-11-23(30-4)25(17-21)32-6;15-9-4-5-10-11(7-9)21-14(20)18(10)8-13(19)17-12-3-1-2-6-16-12/h9-12,17-18,20H,8,13-16H2,1-7H3;1-7H,8H2,(H,16,17,19). The van der Waals surface area contributed by atoms with Crippen LogP contribution in [-0.4, -0.2) is 68.9 Å². The maximum absolute atomic E-state index is 12.0. The van der Waals surface area contributed by atoms with E-state index in [-0.39, 0.29) is 18.4 Å². The average molecular weight is 758 g/mol. The van der Waals surface area contributed by atoms with Gasteiger partial charge in [-0.1, -0.05) is 43.6 Å². The number of hydrogen-bond acceptors (Lipinski definition) is 10. The van der Waals surface area contributed by atoms with E-state index in [0.717, 1.165) is 49.4 Å². The minimum Gasteiger partial charge on any atom is -0.493 e. The summed E-state index contributed by atoms with van der Waals surface area (Å²) in [7, 11) is 8.67. The fourth-order valence-corrected chi connectivity index (χ4v) is 6.34. The number of nitrogens with zero attached hydrogens (tertiary/aromatic N) is 4. The number of nitrogens with one attached hydrogen (secondary N) is 1. The Hall–Kier alpha value is -5.51. The summed E-state index contributed by atoms with van der Waals surface area (Å²) < 4.78 is 27.9. The van der Waals surface area contributed by atoms with Gasteiger partial charge in [-0.15, -0.1) is 0 Å². The second-order valence-corrected chi connectivity index (χ2v) is 13.4. The lowest BCUT2D eigenvalue weighted by molar-refractivity contribution is -0.116. The van der Waals surface area contributed by atoms with Crippen molar-refractivity contribution in [2.24, 2.45) is 5.92 Å². The molecule has 13 heteroatoms. The molecule has 0 spiro atoms. The molecule has 2 heterocycles. The lowest BCUT2D eigenvalue weighted by Crippen LogP contribution is -2.32. The molecule has 1 amide bonds. The third kappa shape index (κ3) is 10.3. The summed E-state index contributed by atoms with van der Waals surface area (Å²) in [6, 6.07) is 24.5. The number of amides is 1. The number of carbonyl (C=O) groups is 1. The number of nitriles is 1. The van der Waals surface area contributed by atoms with Crippen LogP contribution in [-0.2, 0) is 23.2 Å². The van der Waals surface area contributed by atoms with Crippen LogP contribution in [0.2, 0.25) is 5.02 Å². The SMILES string of the molecule is COc1ccc(CCN(C)CCCC(C#N)(c2ccc(OC)c(OC)c2)C(C)C)cc1OC.O=C(Cn1c(=O)oc2cc(Cl)ccc21)Nc1ccccn1. The second-order valence-electron chi connectivity index (χ2n) is 13.0. The van der Waals surface area contributed by atoms with Crippen molar-refractivity contribution in [2.75, 3.05) is 53.9 Å². The van der Waals surface area contributed by atoms with Gasteiger partial charge in [0.25, 0.3) is 0 Å². The Balaban J connectivity index is 0.000000264. The highest BCUT2D eigenvalue weighted by Gasteiger charge is 2.36. The Bertz CT molecular complexity index is 2090. The summed E-state index contributed by atoms with van der Waals surface area (Å²) >= 11 is 5.83. The number of ether oxygens (including phenoxy) is 4. The van der Waals surface area contributed by atoms with Gasteiger partial charge in [0.1, 0.15) is 12.4 Å². The Morgan fingerprint density at radius 3 is 2.26 bits per heavy atom. The molecule has 1 N–H and O–H groups in total. The highest BCUT2D eigenvalue weighted by atomic mass is 35.5. The van der Waals surface area contributed by atoms with Gasteiger partial charge in [-0.25, -0.2) is 9.78 Å². The Kier molecular flexibility index (Phi) is 14.9. The predicted octanol–water partition coefficient (Wildman–Crippen LogP) is 7.37. The molecule has 0 radical (unpaired) electrons. The second kappa shape index (κ2) is 19.5. The van der Waals surface area contributed by atoms with Crippen LogP contribution >= 0.6 is 11.6 Å². The smallest absolute Gasteiger partial charge is 0.420 e. The van der Waals surface area contributed by atoms with Gasteiger partial charge in [-0.05, 0) is 98.4 Å². The summed E-state index contributed by atoms with van der Waals surface area (Å²) in [6.07, 6.45) is 4.18. The van der Waals surface area contributed by atoms with Crippen LogP contribution in [0.5, 0.6) is 23.0 Å². The first-order valence-corrected chi connectivity index (χ1v) is 17.9. The topological polar surface area (TPSA) is 141 Å². The molecule has 0 saturated carbocycles. The number of carbonyl (C=O) groups excluding carboxylic acids is 1. The van der Waals surface area contributed by atoms with E-state index in [0.29, 0.717) is 33.4 Å². The molecule has 3 aromatic carbocycles. The number of fused-ring (bicyclic) bond motifs is 1. The van der Waals surface area contributed by atoms with Crippen molar-refractivity contribution in [3.05, 3.63) is 106 Å². The maximum atomic E-state index is 12.0. The molecule has 0 aliphatic heterocycles. The van der Waals surface area contributed by atoms with Gasteiger partial charge in [0.15, 0.2) is 28.6 Å². The first-order chi connectivity index (χ1) is 26.0. The predicted molar refractivity (Wildman–Crippen MR) is 210 cm³/mol. The first-order valence-electron chi connectivity index (χ1n) is 17.5. The molecule has 54 heavy (non-hydrogen) atoms. The van der Waals surface area contributed by atoms with Gasteiger partial charge < -0.3 is 33.6 Å². The molecular formula is C41H48ClN5O7. The van der Waals surface area contributed by atoms with Crippen LogP contribution in [0.3, 0.4) is 0 Å². The molecule has 0 aliphatic carbocycles. The maximum Gasteiger partial charge on any atom is 0.420 e. The van der Waals surface area contributed by atoms with Crippen molar-refractivity contribution in [1.29, 1.82) is 5.26 Å². The van der Waals surface area contributed by atoms with Crippen molar-refractivity contribution < 1.29 is 28.2 Å². The number of benzene rings is 3. The summed E-state index contributed by atoms with van der Waals surface area (Å²) in [5, 5.41) is 13.3. The molecule has 0 fully saturated rings. The highest BCUT2D eigenvalue weighted by Crippen LogP contribution is 2.40. The van der Waals surface area contributed by atoms with E-state index in [1.807, 2.05) is 30.3 Å². The monoisotopic (exact) mass is 757 g/mol. The number of pyridine rings is 1. The van der Waals surface area contributed by atoms with Crippen molar-refractivity contribution in [1.82, 2.24) is 14.5 Å². The van der Waals surface area contributed by atoms with Crippen LogP contribution in [0.4, 0.5) is 5.82 Å². The molecule has 1 unspecified atom stereocenters. The quantitative estimate of drug-likeness (QED) is 0.108. The lowest BCUT2D eigenvalue weighted by Gasteiger charge is -2.32. The van der Waals surface area contributed by atoms with Gasteiger partial charge in [-0.3, -0.25) is 9.36 Å². The fraction of sp³-hybridized carbons (Fsp3) is 0.366. The molecule has 5 rings (SSSR count). The van der Waals surface area contributed by atoms with E-state index in [1.165, 1.54) is 16.2 Å². The number of oxazole rings is 1. The van der Waals surface area contributed by atoms with Crippen molar-refractivity contribution in [2.45, 2.75) is 45.1 Å². The van der Waals surface area contributed by atoms with Crippen molar-refractivity contribution in [3.8, 4) is 29.1 Å². The molecule has 2 aromatic heterocycles. The van der Waals surface area contributed by atoms with E-state index in [1.54, 1.807) is 65.0 Å². The number of aromatic nitrogens is 2. The third-order valence-corrected chi connectivity index (χ3v) is 9.52. The van der Waals surface area contributed by atoms with Crippen LogP contribution in [0.1, 0.15) is 37.8 Å². The van der Waals surface area contributed by atoms with Crippen molar-refractivity contribution >= 4 is 34.4 Å². The zero-order valence-corrected chi connectivity index (χ0v) is 32.6. The molecule has 286 valence electrons. The summed E-state index contributed by atoms with van der Waals surface area (Å²) in [5.74, 6) is 2.43. The molecule has 0 bridgehead atoms. The van der Waals surface area contributed by atoms with Gasteiger partial charge in [0, 0.05) is 23.8 Å².